The molecule has 0 amide bonds. The third kappa shape index (κ3) is 2.20. The number of hydrogen-bond donors (Lipinski definition) is 0. The van der Waals surface area contributed by atoms with Crippen LogP contribution in [0.1, 0.15) is 23.9 Å². The van der Waals surface area contributed by atoms with Crippen LogP contribution in [0.5, 0.6) is 0 Å². The smallest absolute Gasteiger partial charge is 0.253 e. The van der Waals surface area contributed by atoms with Gasteiger partial charge in [0.25, 0.3) is 5.56 Å². The highest BCUT2D eigenvalue weighted by Gasteiger charge is 2.13. The molecule has 0 saturated heterocycles. The Labute approximate surface area is 111 Å². The molecule has 0 aliphatic heterocycles. The summed E-state index contributed by atoms with van der Waals surface area (Å²) in [4.78, 5) is 12.0. The molecule has 2 aromatic rings. The minimum absolute atomic E-state index is 0.00724. The fourth-order valence-corrected chi connectivity index (χ4v) is 2.29. The SMILES string of the molecule is CCc1nn(C)c(Cn2cccc(C)c2=O)c1Cl. The number of aromatic nitrogens is 3. The van der Waals surface area contributed by atoms with Crippen LogP contribution < -0.4 is 5.56 Å². The zero-order chi connectivity index (χ0) is 13.3. The monoisotopic (exact) mass is 265 g/mol. The molecule has 96 valence electrons. The summed E-state index contributed by atoms with van der Waals surface area (Å²) in [6.45, 7) is 4.26. The normalized spacial score (nSPS) is 10.9. The Hall–Kier alpha value is -1.55. The molecule has 0 aliphatic carbocycles. The fourth-order valence-electron chi connectivity index (χ4n) is 1.93. The van der Waals surface area contributed by atoms with Gasteiger partial charge in [-0.2, -0.15) is 5.10 Å². The summed E-state index contributed by atoms with van der Waals surface area (Å²) in [6.07, 6.45) is 2.56. The van der Waals surface area contributed by atoms with E-state index in [0.717, 1.165) is 23.4 Å². The van der Waals surface area contributed by atoms with Crippen LogP contribution in [0.15, 0.2) is 23.1 Å². The van der Waals surface area contributed by atoms with E-state index in [-0.39, 0.29) is 5.56 Å². The van der Waals surface area contributed by atoms with Crippen molar-refractivity contribution in [2.24, 2.45) is 7.05 Å². The molecular formula is C13H16ClN3O. The molecule has 4 nitrogen and oxygen atoms in total. The van der Waals surface area contributed by atoms with E-state index in [0.29, 0.717) is 11.6 Å². The average molecular weight is 266 g/mol. The van der Waals surface area contributed by atoms with Gasteiger partial charge in [0.1, 0.15) is 0 Å². The van der Waals surface area contributed by atoms with E-state index >= 15 is 0 Å². The third-order valence-electron chi connectivity index (χ3n) is 3.03. The van der Waals surface area contributed by atoms with E-state index in [1.165, 1.54) is 0 Å². The lowest BCUT2D eigenvalue weighted by atomic mass is 10.2. The summed E-state index contributed by atoms with van der Waals surface area (Å²) < 4.78 is 3.40. The Kier molecular flexibility index (Phi) is 3.57. The van der Waals surface area contributed by atoms with Gasteiger partial charge in [-0.05, 0) is 19.4 Å². The average Bonchev–Trinajstić information content (AvgIpc) is 2.62. The van der Waals surface area contributed by atoms with Crippen LogP contribution >= 0.6 is 11.6 Å². The van der Waals surface area contributed by atoms with Crippen LogP contribution in [0.2, 0.25) is 5.02 Å². The molecule has 5 heteroatoms. The molecular weight excluding hydrogens is 250 g/mol. The topological polar surface area (TPSA) is 39.8 Å². The minimum atomic E-state index is 0.00724. The van der Waals surface area contributed by atoms with Crippen LogP contribution in [0.25, 0.3) is 0 Å². The zero-order valence-electron chi connectivity index (χ0n) is 10.8. The lowest BCUT2D eigenvalue weighted by Crippen LogP contribution is -2.22. The maximum absolute atomic E-state index is 12.0. The maximum Gasteiger partial charge on any atom is 0.253 e. The molecule has 0 atom stereocenters. The molecule has 2 aromatic heterocycles. The lowest BCUT2D eigenvalue weighted by Gasteiger charge is -2.07. The second-order valence-electron chi connectivity index (χ2n) is 4.31. The summed E-state index contributed by atoms with van der Waals surface area (Å²) in [7, 11) is 1.85. The molecule has 2 rings (SSSR count). The zero-order valence-corrected chi connectivity index (χ0v) is 11.5. The van der Waals surface area contributed by atoms with Crippen molar-refractivity contribution < 1.29 is 0 Å². The van der Waals surface area contributed by atoms with Crippen LogP contribution in [-0.4, -0.2) is 14.3 Å². The number of nitrogens with zero attached hydrogens (tertiary/aromatic N) is 3. The molecule has 0 N–H and O–H groups in total. The van der Waals surface area contributed by atoms with Crippen molar-refractivity contribution in [3.05, 3.63) is 50.7 Å². The molecule has 0 aromatic carbocycles. The van der Waals surface area contributed by atoms with Crippen LogP contribution in [0, 0.1) is 6.92 Å². The summed E-state index contributed by atoms with van der Waals surface area (Å²) in [6, 6.07) is 3.67. The van der Waals surface area contributed by atoms with E-state index in [1.54, 1.807) is 28.4 Å². The Morgan fingerprint density at radius 3 is 2.78 bits per heavy atom. The molecule has 2 heterocycles. The molecule has 0 fully saturated rings. The molecule has 0 aliphatic rings. The van der Waals surface area contributed by atoms with E-state index in [4.69, 9.17) is 11.6 Å². The van der Waals surface area contributed by atoms with E-state index in [1.807, 2.05) is 20.0 Å². The van der Waals surface area contributed by atoms with Gasteiger partial charge in [0.15, 0.2) is 0 Å². The lowest BCUT2D eigenvalue weighted by molar-refractivity contribution is 0.647. The molecule has 18 heavy (non-hydrogen) atoms. The Bertz CT molecular complexity index is 628. The van der Waals surface area contributed by atoms with Gasteiger partial charge in [0.05, 0.1) is 23.0 Å². The number of hydrogen-bond acceptors (Lipinski definition) is 2. The van der Waals surface area contributed by atoms with Crippen LogP contribution in [-0.2, 0) is 20.0 Å². The van der Waals surface area contributed by atoms with Crippen molar-refractivity contribution >= 4 is 11.6 Å². The Balaban J connectivity index is 2.43. The maximum atomic E-state index is 12.0. The van der Waals surface area contributed by atoms with Crippen molar-refractivity contribution in [1.29, 1.82) is 0 Å². The number of pyridine rings is 1. The predicted molar refractivity (Wildman–Crippen MR) is 72.1 cm³/mol. The summed E-state index contributed by atoms with van der Waals surface area (Å²) >= 11 is 6.27. The number of rotatable bonds is 3. The van der Waals surface area contributed by atoms with Crippen LogP contribution in [0.4, 0.5) is 0 Å². The molecule has 0 saturated carbocycles. The molecule has 0 spiro atoms. The van der Waals surface area contributed by atoms with Gasteiger partial charge in [-0.25, -0.2) is 0 Å². The van der Waals surface area contributed by atoms with E-state index in [9.17, 15) is 4.79 Å². The second kappa shape index (κ2) is 4.98. The van der Waals surface area contributed by atoms with Gasteiger partial charge < -0.3 is 4.57 Å². The standard InChI is InChI=1S/C13H16ClN3O/c1-4-10-12(14)11(16(3)15-10)8-17-7-5-6-9(2)13(17)18/h5-7H,4,8H2,1-3H3. The van der Waals surface area contributed by atoms with Crippen molar-refractivity contribution in [3.63, 3.8) is 0 Å². The largest absolute Gasteiger partial charge is 0.309 e. The summed E-state index contributed by atoms with van der Waals surface area (Å²) in [5.74, 6) is 0. The van der Waals surface area contributed by atoms with Crippen molar-refractivity contribution in [2.75, 3.05) is 0 Å². The number of halogens is 1. The van der Waals surface area contributed by atoms with E-state index < -0.39 is 0 Å². The van der Waals surface area contributed by atoms with Crippen LogP contribution in [0.3, 0.4) is 0 Å². The number of aryl methyl sites for hydroxylation is 3. The van der Waals surface area contributed by atoms with Crippen molar-refractivity contribution in [2.45, 2.75) is 26.8 Å². The third-order valence-corrected chi connectivity index (χ3v) is 3.47. The Morgan fingerprint density at radius 1 is 1.44 bits per heavy atom. The quantitative estimate of drug-likeness (QED) is 0.853. The van der Waals surface area contributed by atoms with Crippen molar-refractivity contribution in [1.82, 2.24) is 14.3 Å². The molecule has 0 bridgehead atoms. The second-order valence-corrected chi connectivity index (χ2v) is 4.69. The van der Waals surface area contributed by atoms with Gasteiger partial charge in [-0.3, -0.25) is 9.48 Å². The summed E-state index contributed by atoms with van der Waals surface area (Å²) in [5, 5.41) is 5.01. The van der Waals surface area contributed by atoms with Gasteiger partial charge in [0.2, 0.25) is 0 Å². The highest BCUT2D eigenvalue weighted by molar-refractivity contribution is 6.31. The predicted octanol–water partition coefficient (Wildman–Crippen LogP) is 2.15. The van der Waals surface area contributed by atoms with Gasteiger partial charge in [-0.1, -0.05) is 24.6 Å². The Morgan fingerprint density at radius 2 is 2.17 bits per heavy atom. The first-order chi connectivity index (χ1) is 8.54. The van der Waals surface area contributed by atoms with Gasteiger partial charge >= 0.3 is 0 Å². The highest BCUT2D eigenvalue weighted by Crippen LogP contribution is 2.21. The molecule has 0 radical (unpaired) electrons. The van der Waals surface area contributed by atoms with Crippen molar-refractivity contribution in [3.8, 4) is 0 Å². The first-order valence-corrected chi connectivity index (χ1v) is 6.28. The van der Waals surface area contributed by atoms with Gasteiger partial charge in [-0.15, -0.1) is 0 Å². The first-order valence-electron chi connectivity index (χ1n) is 5.91. The van der Waals surface area contributed by atoms with Gasteiger partial charge in [0, 0.05) is 18.8 Å². The first kappa shape index (κ1) is 12.9. The van der Waals surface area contributed by atoms with E-state index in [2.05, 4.69) is 5.10 Å². The fraction of sp³-hybridized carbons (Fsp3) is 0.385. The highest BCUT2D eigenvalue weighted by atomic mass is 35.5. The minimum Gasteiger partial charge on any atom is -0.309 e. The summed E-state index contributed by atoms with van der Waals surface area (Å²) in [5.41, 5.74) is 2.47. The molecule has 0 unspecified atom stereocenters.